The topological polar surface area (TPSA) is 61.1 Å². The summed E-state index contributed by atoms with van der Waals surface area (Å²) in [6.45, 7) is 4.02. The number of hydrogen-bond acceptors (Lipinski definition) is 2. The number of rotatable bonds is 4. The first kappa shape index (κ1) is 12.3. The molecule has 0 bridgehead atoms. The third kappa shape index (κ3) is 2.40. The number of carbonyl (C=O) groups is 1. The number of nitrogens with zero attached hydrogens (tertiary/aromatic N) is 1. The number of aryl methyl sites for hydroxylation is 1. The van der Waals surface area contributed by atoms with Crippen molar-refractivity contribution in [3.63, 3.8) is 0 Å². The molecule has 1 aromatic carbocycles. The second-order valence-electron chi connectivity index (χ2n) is 3.63. The van der Waals surface area contributed by atoms with Crippen molar-refractivity contribution in [2.75, 3.05) is 0 Å². The Balaban J connectivity index is 3.32. The molecule has 0 aromatic heterocycles. The Labute approximate surface area is 95.3 Å². The second kappa shape index (κ2) is 5.32. The Kier molecular flexibility index (Phi) is 4.07. The summed E-state index contributed by atoms with van der Waals surface area (Å²) >= 11 is 0. The summed E-state index contributed by atoms with van der Waals surface area (Å²) in [5.74, 6) is -0.900. The lowest BCUT2D eigenvalue weighted by Crippen LogP contribution is -2.06. The van der Waals surface area contributed by atoms with Crippen LogP contribution in [0.2, 0.25) is 0 Å². The third-order valence-corrected chi connectivity index (χ3v) is 2.68. The Morgan fingerprint density at radius 2 is 1.94 bits per heavy atom. The quantitative estimate of drug-likeness (QED) is 0.841. The number of benzene rings is 1. The molecule has 0 amide bonds. The van der Waals surface area contributed by atoms with Crippen LogP contribution in [0.4, 0.5) is 0 Å². The highest BCUT2D eigenvalue weighted by Gasteiger charge is 2.12. The molecule has 84 valence electrons. The molecule has 0 heterocycles. The van der Waals surface area contributed by atoms with Gasteiger partial charge in [-0.1, -0.05) is 26.0 Å². The van der Waals surface area contributed by atoms with Crippen molar-refractivity contribution in [2.45, 2.75) is 33.1 Å². The number of carboxylic acids is 1. The molecule has 0 atom stereocenters. The normalized spacial score (nSPS) is 9.81. The van der Waals surface area contributed by atoms with Gasteiger partial charge >= 0.3 is 5.97 Å². The summed E-state index contributed by atoms with van der Waals surface area (Å²) in [7, 11) is 0. The van der Waals surface area contributed by atoms with E-state index >= 15 is 0 Å². The minimum atomic E-state index is -0.900. The van der Waals surface area contributed by atoms with E-state index < -0.39 is 5.97 Å². The van der Waals surface area contributed by atoms with Gasteiger partial charge in [-0.25, -0.2) is 0 Å². The zero-order valence-corrected chi connectivity index (χ0v) is 9.58. The van der Waals surface area contributed by atoms with E-state index in [0.717, 1.165) is 24.0 Å². The van der Waals surface area contributed by atoms with E-state index in [4.69, 9.17) is 10.4 Å². The van der Waals surface area contributed by atoms with Crippen molar-refractivity contribution < 1.29 is 9.90 Å². The third-order valence-electron chi connectivity index (χ3n) is 2.68. The van der Waals surface area contributed by atoms with Gasteiger partial charge in [0.05, 0.1) is 18.1 Å². The van der Waals surface area contributed by atoms with Crippen LogP contribution in [0, 0.1) is 11.3 Å². The number of carboxylic acid groups (broad SMARTS) is 1. The summed E-state index contributed by atoms with van der Waals surface area (Å²) in [6, 6.07) is 5.82. The molecular weight excluding hydrogens is 202 g/mol. The van der Waals surface area contributed by atoms with Gasteiger partial charge < -0.3 is 5.11 Å². The lowest BCUT2D eigenvalue weighted by Gasteiger charge is -2.11. The molecular formula is C13H15NO2. The summed E-state index contributed by atoms with van der Waals surface area (Å²) in [5, 5.41) is 17.9. The van der Waals surface area contributed by atoms with Crippen molar-refractivity contribution in [1.82, 2.24) is 0 Å². The molecule has 0 aliphatic heterocycles. The van der Waals surface area contributed by atoms with Crippen LogP contribution in [-0.4, -0.2) is 11.1 Å². The molecule has 3 heteroatoms. The van der Waals surface area contributed by atoms with Gasteiger partial charge in [0.25, 0.3) is 0 Å². The number of hydrogen-bond donors (Lipinski definition) is 1. The molecule has 0 radical (unpaired) electrons. The van der Waals surface area contributed by atoms with Crippen LogP contribution >= 0.6 is 0 Å². The van der Waals surface area contributed by atoms with Gasteiger partial charge in [-0.2, -0.15) is 5.26 Å². The van der Waals surface area contributed by atoms with Crippen LogP contribution < -0.4 is 0 Å². The van der Waals surface area contributed by atoms with Gasteiger partial charge in [0.2, 0.25) is 0 Å². The minimum Gasteiger partial charge on any atom is -0.481 e. The van der Waals surface area contributed by atoms with Gasteiger partial charge in [-0.3, -0.25) is 4.79 Å². The monoisotopic (exact) mass is 217 g/mol. The van der Waals surface area contributed by atoms with E-state index in [-0.39, 0.29) is 6.42 Å². The van der Waals surface area contributed by atoms with E-state index in [2.05, 4.69) is 6.07 Å². The van der Waals surface area contributed by atoms with Crippen LogP contribution in [0.1, 0.15) is 36.1 Å². The summed E-state index contributed by atoms with van der Waals surface area (Å²) < 4.78 is 0. The van der Waals surface area contributed by atoms with Crippen molar-refractivity contribution in [3.8, 4) is 6.07 Å². The van der Waals surface area contributed by atoms with Crippen molar-refractivity contribution in [1.29, 1.82) is 5.26 Å². The maximum atomic E-state index is 10.7. The number of aliphatic carboxylic acids is 1. The molecule has 1 aromatic rings. The van der Waals surface area contributed by atoms with E-state index in [0.29, 0.717) is 11.1 Å². The highest BCUT2D eigenvalue weighted by Crippen LogP contribution is 2.20. The molecule has 0 aliphatic rings. The van der Waals surface area contributed by atoms with Crippen LogP contribution in [0.3, 0.4) is 0 Å². The van der Waals surface area contributed by atoms with E-state index in [1.54, 1.807) is 6.07 Å². The molecule has 0 saturated carbocycles. The molecule has 0 fully saturated rings. The predicted molar refractivity (Wildman–Crippen MR) is 61.3 cm³/mol. The fourth-order valence-electron chi connectivity index (χ4n) is 1.92. The van der Waals surface area contributed by atoms with E-state index in [1.807, 2.05) is 19.9 Å². The first-order chi connectivity index (χ1) is 7.63. The van der Waals surface area contributed by atoms with Crippen LogP contribution in [0.5, 0.6) is 0 Å². The molecule has 0 aliphatic carbocycles. The molecule has 1 rings (SSSR count). The van der Waals surface area contributed by atoms with E-state index in [9.17, 15) is 4.79 Å². The minimum absolute atomic E-state index is 0.0834. The molecule has 16 heavy (non-hydrogen) atoms. The SMILES string of the molecule is CCc1ccc(CC(=O)O)c(C#N)c1CC. The van der Waals surface area contributed by atoms with E-state index in [1.165, 1.54) is 0 Å². The zero-order chi connectivity index (χ0) is 12.1. The van der Waals surface area contributed by atoms with Gasteiger partial charge in [0.1, 0.15) is 0 Å². The highest BCUT2D eigenvalue weighted by molar-refractivity contribution is 5.72. The van der Waals surface area contributed by atoms with Gasteiger partial charge in [-0.05, 0) is 29.5 Å². The van der Waals surface area contributed by atoms with Crippen molar-refractivity contribution in [2.24, 2.45) is 0 Å². The molecule has 0 spiro atoms. The van der Waals surface area contributed by atoms with Crippen LogP contribution in [0.25, 0.3) is 0 Å². The Morgan fingerprint density at radius 3 is 2.38 bits per heavy atom. The standard InChI is InChI=1S/C13H15NO2/c1-3-9-5-6-10(7-13(15)16)12(8-14)11(9)4-2/h5-6H,3-4,7H2,1-2H3,(H,15,16). The van der Waals surface area contributed by atoms with Gasteiger partial charge in [-0.15, -0.1) is 0 Å². The van der Waals surface area contributed by atoms with Crippen LogP contribution in [-0.2, 0) is 24.1 Å². The van der Waals surface area contributed by atoms with Crippen molar-refractivity contribution in [3.05, 3.63) is 34.4 Å². The second-order valence-corrected chi connectivity index (χ2v) is 3.63. The maximum absolute atomic E-state index is 10.7. The Bertz CT molecular complexity index is 444. The Hall–Kier alpha value is -1.82. The van der Waals surface area contributed by atoms with Gasteiger partial charge in [0.15, 0.2) is 0 Å². The summed E-state index contributed by atoms with van der Waals surface area (Å²) in [5.41, 5.74) is 3.28. The number of nitriles is 1. The first-order valence-corrected chi connectivity index (χ1v) is 5.39. The maximum Gasteiger partial charge on any atom is 0.307 e. The average Bonchev–Trinajstić information content (AvgIpc) is 2.27. The van der Waals surface area contributed by atoms with Crippen LogP contribution in [0.15, 0.2) is 12.1 Å². The zero-order valence-electron chi connectivity index (χ0n) is 9.58. The van der Waals surface area contributed by atoms with Crippen molar-refractivity contribution >= 4 is 5.97 Å². The lowest BCUT2D eigenvalue weighted by molar-refractivity contribution is -0.136. The molecule has 0 saturated heterocycles. The van der Waals surface area contributed by atoms with Gasteiger partial charge in [0, 0.05) is 0 Å². The fourth-order valence-corrected chi connectivity index (χ4v) is 1.92. The molecule has 3 nitrogen and oxygen atoms in total. The highest BCUT2D eigenvalue weighted by atomic mass is 16.4. The molecule has 1 N–H and O–H groups in total. The summed E-state index contributed by atoms with van der Waals surface area (Å²) in [6.07, 6.45) is 1.55. The Morgan fingerprint density at radius 1 is 1.31 bits per heavy atom. The smallest absolute Gasteiger partial charge is 0.307 e. The molecule has 0 unspecified atom stereocenters. The lowest BCUT2D eigenvalue weighted by atomic mass is 9.92. The summed E-state index contributed by atoms with van der Waals surface area (Å²) in [4.78, 5) is 10.7. The average molecular weight is 217 g/mol. The fraction of sp³-hybridized carbons (Fsp3) is 0.385. The first-order valence-electron chi connectivity index (χ1n) is 5.39. The predicted octanol–water partition coefficient (Wildman–Crippen LogP) is 2.31. The largest absolute Gasteiger partial charge is 0.481 e.